The first kappa shape index (κ1) is 20.0. The second-order valence-corrected chi connectivity index (χ2v) is 7.66. The molecule has 5 heteroatoms. The molecular weight excluding hydrogens is 350 g/mol. The summed E-state index contributed by atoms with van der Waals surface area (Å²) < 4.78 is 5.40. The summed E-state index contributed by atoms with van der Waals surface area (Å²) in [6, 6.07) is 12.5. The average Bonchev–Trinajstić information content (AvgIpc) is 2.50. The molecule has 0 aromatic heterocycles. The van der Waals surface area contributed by atoms with Crippen molar-refractivity contribution in [3.63, 3.8) is 0 Å². The minimum Gasteiger partial charge on any atom is -0.459 e. The molecule has 0 aliphatic carbocycles. The standard InChI is InChI=1S/C21H24ClNO3/c1-14-8-6-9-15(2)19(14)20(25)23(13-18(24)26-21(3,4)5)17-11-7-10-16(22)12-17/h6-12H,13H2,1-5H3. The Kier molecular flexibility index (Phi) is 6.09. The van der Waals surface area contributed by atoms with Crippen molar-refractivity contribution in [2.45, 2.75) is 40.2 Å². The maximum atomic E-state index is 13.3. The van der Waals surface area contributed by atoms with Gasteiger partial charge in [0.25, 0.3) is 5.91 Å². The predicted molar refractivity (Wildman–Crippen MR) is 105 cm³/mol. The van der Waals surface area contributed by atoms with Crippen molar-refractivity contribution in [1.29, 1.82) is 0 Å². The highest BCUT2D eigenvalue weighted by Gasteiger charge is 2.26. The zero-order chi connectivity index (χ0) is 19.5. The van der Waals surface area contributed by atoms with E-state index in [1.165, 1.54) is 4.90 Å². The van der Waals surface area contributed by atoms with Gasteiger partial charge in [0.1, 0.15) is 12.1 Å². The third kappa shape index (κ3) is 5.09. The van der Waals surface area contributed by atoms with E-state index in [9.17, 15) is 9.59 Å². The van der Waals surface area contributed by atoms with Gasteiger partial charge in [-0.05, 0) is 63.9 Å². The number of nitrogens with zero attached hydrogens (tertiary/aromatic N) is 1. The molecule has 26 heavy (non-hydrogen) atoms. The van der Waals surface area contributed by atoms with Crippen LogP contribution in [0.15, 0.2) is 42.5 Å². The first-order valence-corrected chi connectivity index (χ1v) is 8.82. The molecule has 2 aromatic carbocycles. The molecule has 0 aliphatic heterocycles. The second-order valence-electron chi connectivity index (χ2n) is 7.22. The SMILES string of the molecule is Cc1cccc(C)c1C(=O)N(CC(=O)OC(C)(C)C)c1cccc(Cl)c1. The summed E-state index contributed by atoms with van der Waals surface area (Å²) in [5, 5.41) is 0.492. The molecule has 4 nitrogen and oxygen atoms in total. The van der Waals surface area contributed by atoms with Gasteiger partial charge in [-0.1, -0.05) is 35.9 Å². The van der Waals surface area contributed by atoms with Gasteiger partial charge in [-0.2, -0.15) is 0 Å². The molecule has 0 atom stereocenters. The Morgan fingerprint density at radius 1 is 1.04 bits per heavy atom. The van der Waals surface area contributed by atoms with Crippen LogP contribution in [0.1, 0.15) is 42.3 Å². The lowest BCUT2D eigenvalue weighted by atomic mass is 10.0. The number of hydrogen-bond acceptors (Lipinski definition) is 3. The van der Waals surface area contributed by atoms with E-state index in [-0.39, 0.29) is 12.5 Å². The lowest BCUT2D eigenvalue weighted by Crippen LogP contribution is -2.39. The van der Waals surface area contributed by atoms with E-state index in [4.69, 9.17) is 16.3 Å². The number of rotatable bonds is 4. The van der Waals surface area contributed by atoms with E-state index in [2.05, 4.69) is 0 Å². The molecule has 138 valence electrons. The van der Waals surface area contributed by atoms with Crippen LogP contribution in [0.2, 0.25) is 5.02 Å². The normalized spacial score (nSPS) is 11.2. The van der Waals surface area contributed by atoms with Gasteiger partial charge < -0.3 is 4.74 Å². The molecule has 2 aromatic rings. The summed E-state index contributed by atoms with van der Waals surface area (Å²) in [7, 11) is 0. The molecule has 0 spiro atoms. The lowest BCUT2D eigenvalue weighted by Gasteiger charge is -2.26. The molecule has 0 N–H and O–H groups in total. The molecule has 0 aliphatic rings. The maximum Gasteiger partial charge on any atom is 0.326 e. The van der Waals surface area contributed by atoms with Crippen molar-refractivity contribution in [3.8, 4) is 0 Å². The highest BCUT2D eigenvalue weighted by atomic mass is 35.5. The first-order chi connectivity index (χ1) is 12.1. The zero-order valence-electron chi connectivity index (χ0n) is 15.8. The van der Waals surface area contributed by atoms with Gasteiger partial charge in [-0.25, -0.2) is 0 Å². The summed E-state index contributed by atoms with van der Waals surface area (Å²) in [6.07, 6.45) is 0. The number of carbonyl (C=O) groups excluding carboxylic acids is 2. The number of hydrogen-bond donors (Lipinski definition) is 0. The predicted octanol–water partition coefficient (Wildman–Crippen LogP) is 4.95. The quantitative estimate of drug-likeness (QED) is 0.712. The van der Waals surface area contributed by atoms with Crippen molar-refractivity contribution < 1.29 is 14.3 Å². The zero-order valence-corrected chi connectivity index (χ0v) is 16.6. The molecule has 0 saturated heterocycles. The number of ether oxygens (including phenoxy) is 1. The van der Waals surface area contributed by atoms with Gasteiger partial charge >= 0.3 is 5.97 Å². The van der Waals surface area contributed by atoms with Gasteiger partial charge in [0.15, 0.2) is 0 Å². The Morgan fingerprint density at radius 3 is 2.15 bits per heavy atom. The molecule has 2 rings (SSSR count). The minimum absolute atomic E-state index is 0.190. The van der Waals surface area contributed by atoms with Crippen molar-refractivity contribution in [2.24, 2.45) is 0 Å². The molecule has 0 unspecified atom stereocenters. The Bertz CT molecular complexity index is 804. The molecule has 0 saturated carbocycles. The third-order valence-electron chi connectivity index (χ3n) is 3.77. The lowest BCUT2D eigenvalue weighted by molar-refractivity contribution is -0.152. The van der Waals surface area contributed by atoms with Crippen molar-refractivity contribution >= 4 is 29.2 Å². The van der Waals surface area contributed by atoms with E-state index in [0.717, 1.165) is 11.1 Å². The number of amides is 1. The summed E-state index contributed by atoms with van der Waals surface area (Å²) in [6.45, 7) is 8.95. The third-order valence-corrected chi connectivity index (χ3v) is 4.00. The van der Waals surface area contributed by atoms with E-state index in [1.54, 1.807) is 45.0 Å². The van der Waals surface area contributed by atoms with Crippen LogP contribution in [-0.4, -0.2) is 24.0 Å². The van der Waals surface area contributed by atoms with E-state index in [0.29, 0.717) is 16.3 Å². The molecule has 1 amide bonds. The number of benzene rings is 2. The molecule has 0 radical (unpaired) electrons. The van der Waals surface area contributed by atoms with Crippen LogP contribution in [-0.2, 0) is 9.53 Å². The summed E-state index contributed by atoms with van der Waals surface area (Å²) >= 11 is 6.09. The molecule has 0 fully saturated rings. The molecule has 0 bridgehead atoms. The Hall–Kier alpha value is -2.33. The van der Waals surface area contributed by atoms with Crippen LogP contribution >= 0.6 is 11.6 Å². The maximum absolute atomic E-state index is 13.3. The Labute approximate surface area is 159 Å². The summed E-state index contributed by atoms with van der Waals surface area (Å²) in [5.74, 6) is -0.731. The van der Waals surface area contributed by atoms with E-state index in [1.807, 2.05) is 32.0 Å². The van der Waals surface area contributed by atoms with Gasteiger partial charge in [0, 0.05) is 16.3 Å². The fraction of sp³-hybridized carbons (Fsp3) is 0.333. The van der Waals surface area contributed by atoms with Crippen LogP contribution in [0.25, 0.3) is 0 Å². The van der Waals surface area contributed by atoms with Gasteiger partial charge in [-0.15, -0.1) is 0 Å². The summed E-state index contributed by atoms with van der Waals surface area (Å²) in [5.41, 5.74) is 2.21. The number of anilines is 1. The van der Waals surface area contributed by atoms with Crippen molar-refractivity contribution in [2.75, 3.05) is 11.4 Å². The second kappa shape index (κ2) is 7.92. The number of esters is 1. The number of carbonyl (C=O) groups is 2. The topological polar surface area (TPSA) is 46.6 Å². The van der Waals surface area contributed by atoms with Crippen molar-refractivity contribution in [3.05, 3.63) is 64.2 Å². The number of aryl methyl sites for hydroxylation is 2. The highest BCUT2D eigenvalue weighted by Crippen LogP contribution is 2.24. The van der Waals surface area contributed by atoms with E-state index < -0.39 is 11.6 Å². The fourth-order valence-electron chi connectivity index (χ4n) is 2.71. The van der Waals surface area contributed by atoms with E-state index >= 15 is 0 Å². The van der Waals surface area contributed by atoms with Crippen LogP contribution in [0.3, 0.4) is 0 Å². The Morgan fingerprint density at radius 2 is 1.62 bits per heavy atom. The fourth-order valence-corrected chi connectivity index (χ4v) is 2.90. The first-order valence-electron chi connectivity index (χ1n) is 8.44. The molecule has 0 heterocycles. The van der Waals surface area contributed by atoms with Gasteiger partial charge in [0.2, 0.25) is 0 Å². The van der Waals surface area contributed by atoms with Crippen LogP contribution < -0.4 is 4.90 Å². The van der Waals surface area contributed by atoms with Gasteiger partial charge in [-0.3, -0.25) is 14.5 Å². The van der Waals surface area contributed by atoms with Crippen LogP contribution in [0, 0.1) is 13.8 Å². The largest absolute Gasteiger partial charge is 0.459 e. The molecular formula is C21H24ClNO3. The highest BCUT2D eigenvalue weighted by molar-refractivity contribution is 6.31. The van der Waals surface area contributed by atoms with Crippen LogP contribution in [0.5, 0.6) is 0 Å². The van der Waals surface area contributed by atoms with Crippen molar-refractivity contribution in [1.82, 2.24) is 0 Å². The summed E-state index contributed by atoms with van der Waals surface area (Å²) in [4.78, 5) is 27.1. The Balaban J connectivity index is 2.43. The van der Waals surface area contributed by atoms with Gasteiger partial charge in [0.05, 0.1) is 0 Å². The monoisotopic (exact) mass is 373 g/mol. The number of halogens is 1. The minimum atomic E-state index is -0.626. The average molecular weight is 374 g/mol. The smallest absolute Gasteiger partial charge is 0.326 e. The van der Waals surface area contributed by atoms with Crippen LogP contribution in [0.4, 0.5) is 5.69 Å².